The number of unbranched alkanes of at least 4 members (excludes halogenated alkanes) is 21. The Kier molecular flexibility index (Phi) is 37.5. The summed E-state index contributed by atoms with van der Waals surface area (Å²) in [5.74, 6) is -0.883. The van der Waals surface area contributed by atoms with Crippen molar-refractivity contribution >= 4 is 19.8 Å². The van der Waals surface area contributed by atoms with E-state index in [0.29, 0.717) is 6.42 Å². The number of hydrogen-bond acceptors (Lipinski definition) is 10. The second kappa shape index (κ2) is 38.7. The minimum atomic E-state index is -4.39. The Morgan fingerprint density at radius 2 is 1.17 bits per heavy atom. The molecule has 0 fully saturated rings. The fourth-order valence-corrected chi connectivity index (χ4v) is 6.61. The van der Waals surface area contributed by atoms with Crippen molar-refractivity contribution in [2.24, 2.45) is 5.73 Å². The van der Waals surface area contributed by atoms with Crippen molar-refractivity contribution in [2.75, 3.05) is 26.4 Å². The van der Waals surface area contributed by atoms with E-state index in [1.807, 2.05) is 18.2 Å². The van der Waals surface area contributed by atoms with Crippen molar-refractivity contribution in [1.29, 1.82) is 0 Å². The normalized spacial score (nSPS) is 14.1. The molecule has 3 atom stereocenters. The summed E-state index contributed by atoms with van der Waals surface area (Å²) >= 11 is 0. The zero-order valence-electron chi connectivity index (χ0n) is 33.6. The van der Waals surface area contributed by atoms with E-state index in [4.69, 9.17) is 29.5 Å². The van der Waals surface area contributed by atoms with E-state index in [1.165, 1.54) is 77.0 Å². The van der Waals surface area contributed by atoms with Gasteiger partial charge in [0.2, 0.25) is 0 Å². The second-order valence-corrected chi connectivity index (χ2v) is 15.6. The Hall–Kier alpha value is -1.59. The summed E-state index contributed by atoms with van der Waals surface area (Å²) in [4.78, 5) is 39.3. The van der Waals surface area contributed by atoms with Gasteiger partial charge >= 0.3 is 19.8 Å². The first-order valence-electron chi connectivity index (χ1n) is 21.1. The quantitative estimate of drug-likeness (QED) is 0.0135. The average Bonchev–Trinajstić information content (AvgIpc) is 3.14. The molecule has 53 heavy (non-hydrogen) atoms. The summed E-state index contributed by atoms with van der Waals surface area (Å²) in [6, 6.07) is 0. The average molecular weight is 776 g/mol. The predicted molar refractivity (Wildman–Crippen MR) is 213 cm³/mol. The molecule has 0 spiro atoms. The maximum absolute atomic E-state index is 12.6. The van der Waals surface area contributed by atoms with Crippen LogP contribution in [-0.2, 0) is 37.6 Å². The van der Waals surface area contributed by atoms with Gasteiger partial charge in [0.15, 0.2) is 6.10 Å². The molecule has 4 N–H and O–H groups in total. The molecule has 0 bridgehead atoms. The number of ether oxygens (including phenoxy) is 2. The number of rotatable bonds is 40. The Morgan fingerprint density at radius 3 is 1.72 bits per heavy atom. The molecule has 312 valence electrons. The molecule has 0 amide bonds. The number of carbonyl (C=O) groups is 2. The Balaban J connectivity index is 4.26. The molecule has 3 unspecified atom stereocenters. The summed E-state index contributed by atoms with van der Waals surface area (Å²) < 4.78 is 32.7. The van der Waals surface area contributed by atoms with Gasteiger partial charge in [-0.15, -0.1) is 0 Å². The van der Waals surface area contributed by atoms with E-state index >= 15 is 0 Å². The van der Waals surface area contributed by atoms with Crippen molar-refractivity contribution in [2.45, 2.75) is 199 Å². The van der Waals surface area contributed by atoms with Gasteiger partial charge in [0.25, 0.3) is 0 Å². The third kappa shape index (κ3) is 37.1. The number of nitrogens with two attached hydrogens (primary N) is 1. The first-order valence-corrected chi connectivity index (χ1v) is 22.6. The number of phosphoric ester groups is 1. The topological polar surface area (TPSA) is 164 Å². The molecule has 11 nitrogen and oxygen atoms in total. The van der Waals surface area contributed by atoms with E-state index < -0.39 is 32.5 Å². The summed E-state index contributed by atoms with van der Waals surface area (Å²) in [5.41, 5.74) is 5.34. The summed E-state index contributed by atoms with van der Waals surface area (Å²) in [6.07, 6.45) is 35.2. The number of hydrogen-bond donors (Lipinski definition) is 3. The molecular weight excluding hydrogens is 697 g/mol. The number of esters is 2. The highest BCUT2D eigenvalue weighted by molar-refractivity contribution is 7.47. The predicted octanol–water partition coefficient (Wildman–Crippen LogP) is 11.1. The second-order valence-electron chi connectivity index (χ2n) is 14.1. The van der Waals surface area contributed by atoms with Crippen LogP contribution in [0.3, 0.4) is 0 Å². The van der Waals surface area contributed by atoms with Crippen molar-refractivity contribution in [3.8, 4) is 0 Å². The molecule has 0 aliphatic heterocycles. The first-order chi connectivity index (χ1) is 25.8. The fraction of sp³-hybridized carbons (Fsp3) is 0.854. The van der Waals surface area contributed by atoms with E-state index in [1.54, 1.807) is 0 Å². The van der Waals surface area contributed by atoms with Crippen LogP contribution in [0.2, 0.25) is 0 Å². The minimum absolute atomic E-state index is 0.0399. The van der Waals surface area contributed by atoms with E-state index in [-0.39, 0.29) is 38.7 Å². The SMILES string of the molecule is CCCCCCCCCCCCCCCCCC(=O)OCC(COP(=O)(O)OCCN)OC(=O)CCCCCCC/C=C\C=C\C(CCCCC)OO. The third-order valence-electron chi connectivity index (χ3n) is 9.06. The van der Waals surface area contributed by atoms with Gasteiger partial charge < -0.3 is 20.1 Å². The molecule has 0 aromatic carbocycles. The van der Waals surface area contributed by atoms with E-state index in [9.17, 15) is 19.0 Å². The van der Waals surface area contributed by atoms with Crippen molar-refractivity contribution in [3.05, 3.63) is 24.3 Å². The Morgan fingerprint density at radius 1 is 0.660 bits per heavy atom. The standard InChI is InChI=1S/C41H78NO10P/c1-3-5-7-8-9-10-11-12-13-14-15-18-21-24-28-32-40(43)48-36-39(37-50-53(46,47)49-35-34-42)51-41(44)33-29-25-22-19-16-17-20-23-27-31-38(52-45)30-26-6-4-2/h20,23,27,31,38-39,45H,3-19,21-22,24-26,28-30,32-37,42H2,1-2H3,(H,46,47)/b23-20-,31-27+. The van der Waals surface area contributed by atoms with Gasteiger partial charge in [-0.3, -0.25) is 23.9 Å². The highest BCUT2D eigenvalue weighted by atomic mass is 31.2. The lowest BCUT2D eigenvalue weighted by Gasteiger charge is -2.19. The first kappa shape index (κ1) is 51.4. The van der Waals surface area contributed by atoms with Crippen molar-refractivity contribution in [3.63, 3.8) is 0 Å². The molecule has 0 rings (SSSR count). The van der Waals surface area contributed by atoms with Gasteiger partial charge in [0, 0.05) is 19.4 Å². The van der Waals surface area contributed by atoms with Crippen LogP contribution in [0, 0.1) is 0 Å². The van der Waals surface area contributed by atoms with Crippen molar-refractivity contribution in [1.82, 2.24) is 0 Å². The fourth-order valence-electron chi connectivity index (χ4n) is 5.85. The van der Waals surface area contributed by atoms with Crippen LogP contribution in [0.15, 0.2) is 24.3 Å². The van der Waals surface area contributed by atoms with Crippen LogP contribution in [0.5, 0.6) is 0 Å². The largest absolute Gasteiger partial charge is 0.472 e. The summed E-state index contributed by atoms with van der Waals surface area (Å²) in [7, 11) is -4.39. The van der Waals surface area contributed by atoms with Gasteiger partial charge in [-0.25, -0.2) is 9.45 Å². The lowest BCUT2D eigenvalue weighted by Crippen LogP contribution is -2.29. The molecule has 0 heterocycles. The highest BCUT2D eigenvalue weighted by Gasteiger charge is 2.26. The smallest absolute Gasteiger partial charge is 0.462 e. The maximum Gasteiger partial charge on any atom is 0.472 e. The van der Waals surface area contributed by atoms with Gasteiger partial charge in [-0.1, -0.05) is 167 Å². The minimum Gasteiger partial charge on any atom is -0.462 e. The van der Waals surface area contributed by atoms with E-state index in [0.717, 1.165) is 77.0 Å². The third-order valence-corrected chi connectivity index (χ3v) is 10.0. The number of allylic oxidation sites excluding steroid dienone is 3. The summed E-state index contributed by atoms with van der Waals surface area (Å²) in [6.45, 7) is 3.55. The van der Waals surface area contributed by atoms with E-state index in [2.05, 4.69) is 24.8 Å². The zero-order chi connectivity index (χ0) is 39.1. The molecular formula is C41H78NO10P. The van der Waals surface area contributed by atoms with Crippen LogP contribution < -0.4 is 5.73 Å². The Bertz CT molecular complexity index is 948. The van der Waals surface area contributed by atoms with Gasteiger partial charge in [0.05, 0.1) is 13.2 Å². The molecule has 0 aromatic rings. The molecule has 0 aliphatic carbocycles. The lowest BCUT2D eigenvalue weighted by molar-refractivity contribution is -0.267. The number of carbonyl (C=O) groups excluding carboxylic acids is 2. The molecule has 0 saturated heterocycles. The zero-order valence-corrected chi connectivity index (χ0v) is 34.5. The molecule has 0 aromatic heterocycles. The van der Waals surface area contributed by atoms with Crippen LogP contribution >= 0.6 is 7.82 Å². The van der Waals surface area contributed by atoms with Gasteiger partial charge in [0.1, 0.15) is 12.7 Å². The van der Waals surface area contributed by atoms with Crippen molar-refractivity contribution < 1.29 is 47.7 Å². The lowest BCUT2D eigenvalue weighted by atomic mass is 10.0. The molecule has 0 aliphatic rings. The Labute approximate surface area is 322 Å². The molecule has 0 radical (unpaired) electrons. The molecule has 0 saturated carbocycles. The number of phosphoric acid groups is 1. The van der Waals surface area contributed by atoms with Crippen LogP contribution in [0.25, 0.3) is 0 Å². The van der Waals surface area contributed by atoms with Gasteiger partial charge in [-0.2, -0.15) is 0 Å². The summed E-state index contributed by atoms with van der Waals surface area (Å²) in [5, 5.41) is 9.00. The highest BCUT2D eigenvalue weighted by Crippen LogP contribution is 2.43. The van der Waals surface area contributed by atoms with Gasteiger partial charge in [-0.05, 0) is 32.1 Å². The maximum atomic E-state index is 12.6. The molecule has 12 heteroatoms. The van der Waals surface area contributed by atoms with Crippen LogP contribution in [-0.4, -0.2) is 60.7 Å². The monoisotopic (exact) mass is 776 g/mol. The van der Waals surface area contributed by atoms with Crippen LogP contribution in [0.1, 0.15) is 187 Å². The van der Waals surface area contributed by atoms with Crippen LogP contribution in [0.4, 0.5) is 0 Å².